The van der Waals surface area contributed by atoms with Crippen LogP contribution < -0.4 is 11.1 Å². The molecule has 0 aliphatic carbocycles. The quantitative estimate of drug-likeness (QED) is 0.806. The Balaban J connectivity index is 2.30. The highest BCUT2D eigenvalue weighted by Crippen LogP contribution is 2.22. The summed E-state index contributed by atoms with van der Waals surface area (Å²) in [5, 5.41) is 3.33. The van der Waals surface area contributed by atoms with Crippen LogP contribution in [0, 0.1) is 13.8 Å². The lowest BCUT2D eigenvalue weighted by Crippen LogP contribution is -1.96. The fourth-order valence-corrected chi connectivity index (χ4v) is 1.55. The first kappa shape index (κ1) is 10.5. The van der Waals surface area contributed by atoms with Crippen LogP contribution in [-0.2, 0) is 0 Å². The maximum atomic E-state index is 5.63. The van der Waals surface area contributed by atoms with E-state index in [4.69, 9.17) is 5.73 Å². The first-order valence-electron chi connectivity index (χ1n) is 5.21. The average Bonchev–Trinajstić information content (AvgIpc) is 2.24. The molecule has 82 valence electrons. The summed E-state index contributed by atoms with van der Waals surface area (Å²) < 4.78 is 0. The summed E-state index contributed by atoms with van der Waals surface area (Å²) in [6.07, 6.45) is 1.70. The number of rotatable bonds is 2. The Morgan fingerprint density at radius 2 is 1.94 bits per heavy atom. The van der Waals surface area contributed by atoms with Gasteiger partial charge in [-0.25, -0.2) is 4.98 Å². The standard InChI is InChI=1S/C13H15N3/c1-9-3-4-10(2)12(7-9)16-11-5-6-15-13(14)8-11/h3-8H,1-2H3,(H3,14,15,16). The minimum atomic E-state index is 0.523. The molecule has 0 spiro atoms. The Morgan fingerprint density at radius 1 is 1.12 bits per heavy atom. The second kappa shape index (κ2) is 4.23. The molecule has 0 saturated carbocycles. The number of nitrogens with zero attached hydrogens (tertiary/aromatic N) is 1. The maximum Gasteiger partial charge on any atom is 0.125 e. The molecular weight excluding hydrogens is 198 g/mol. The normalized spacial score (nSPS) is 10.1. The van der Waals surface area contributed by atoms with Gasteiger partial charge in [0.1, 0.15) is 5.82 Å². The van der Waals surface area contributed by atoms with Crippen LogP contribution in [0.5, 0.6) is 0 Å². The lowest BCUT2D eigenvalue weighted by Gasteiger charge is -2.10. The number of nitrogens with two attached hydrogens (primary N) is 1. The molecule has 16 heavy (non-hydrogen) atoms. The molecule has 3 N–H and O–H groups in total. The fourth-order valence-electron chi connectivity index (χ4n) is 1.55. The summed E-state index contributed by atoms with van der Waals surface area (Å²) >= 11 is 0. The Hall–Kier alpha value is -2.03. The van der Waals surface area contributed by atoms with Gasteiger partial charge >= 0.3 is 0 Å². The Labute approximate surface area is 95.3 Å². The summed E-state index contributed by atoms with van der Waals surface area (Å²) in [7, 11) is 0. The molecule has 3 nitrogen and oxygen atoms in total. The van der Waals surface area contributed by atoms with Crippen LogP contribution in [0.2, 0.25) is 0 Å². The van der Waals surface area contributed by atoms with E-state index in [0.29, 0.717) is 5.82 Å². The van der Waals surface area contributed by atoms with Crippen LogP contribution >= 0.6 is 0 Å². The molecule has 2 aromatic rings. The molecule has 2 rings (SSSR count). The third-order valence-electron chi connectivity index (χ3n) is 2.45. The molecule has 1 aromatic carbocycles. The van der Waals surface area contributed by atoms with Gasteiger partial charge in [0.2, 0.25) is 0 Å². The molecule has 1 aromatic heterocycles. The molecular formula is C13H15N3. The van der Waals surface area contributed by atoms with Crippen LogP contribution in [0.15, 0.2) is 36.5 Å². The first-order valence-corrected chi connectivity index (χ1v) is 5.21. The van der Waals surface area contributed by atoms with E-state index in [-0.39, 0.29) is 0 Å². The second-order valence-electron chi connectivity index (χ2n) is 3.91. The molecule has 0 amide bonds. The van der Waals surface area contributed by atoms with Crippen LogP contribution in [0.1, 0.15) is 11.1 Å². The van der Waals surface area contributed by atoms with Gasteiger partial charge in [-0.05, 0) is 37.1 Å². The fraction of sp³-hybridized carbons (Fsp3) is 0.154. The van der Waals surface area contributed by atoms with E-state index in [0.717, 1.165) is 11.4 Å². The van der Waals surface area contributed by atoms with Crippen molar-refractivity contribution in [1.29, 1.82) is 0 Å². The minimum Gasteiger partial charge on any atom is -0.384 e. The van der Waals surface area contributed by atoms with E-state index in [1.807, 2.05) is 12.1 Å². The number of anilines is 3. The molecule has 3 heteroatoms. The van der Waals surface area contributed by atoms with E-state index < -0.39 is 0 Å². The van der Waals surface area contributed by atoms with Gasteiger partial charge in [-0.2, -0.15) is 0 Å². The number of pyridine rings is 1. The lowest BCUT2D eigenvalue weighted by atomic mass is 10.1. The molecule has 0 bridgehead atoms. The van der Waals surface area contributed by atoms with Crippen molar-refractivity contribution in [1.82, 2.24) is 4.98 Å². The largest absolute Gasteiger partial charge is 0.384 e. The number of aromatic nitrogens is 1. The average molecular weight is 213 g/mol. The van der Waals surface area contributed by atoms with Crippen molar-refractivity contribution in [3.63, 3.8) is 0 Å². The van der Waals surface area contributed by atoms with Crippen molar-refractivity contribution in [2.24, 2.45) is 0 Å². The SMILES string of the molecule is Cc1ccc(C)c(Nc2ccnc(N)c2)c1. The van der Waals surface area contributed by atoms with Crippen molar-refractivity contribution in [2.45, 2.75) is 13.8 Å². The summed E-state index contributed by atoms with van der Waals surface area (Å²) in [5.74, 6) is 0.523. The molecule has 0 saturated heterocycles. The number of nitrogen functional groups attached to an aromatic ring is 1. The number of hydrogen-bond acceptors (Lipinski definition) is 3. The van der Waals surface area contributed by atoms with Crippen molar-refractivity contribution < 1.29 is 0 Å². The predicted molar refractivity (Wildman–Crippen MR) is 67.8 cm³/mol. The highest BCUT2D eigenvalue weighted by atomic mass is 14.9. The number of nitrogens with one attached hydrogen (secondary N) is 1. The highest BCUT2D eigenvalue weighted by molar-refractivity contribution is 5.65. The minimum absolute atomic E-state index is 0.523. The maximum absolute atomic E-state index is 5.63. The number of benzene rings is 1. The Morgan fingerprint density at radius 3 is 2.69 bits per heavy atom. The molecule has 1 heterocycles. The van der Waals surface area contributed by atoms with E-state index in [1.165, 1.54) is 11.1 Å². The first-order chi connectivity index (χ1) is 7.65. The zero-order valence-corrected chi connectivity index (χ0v) is 9.49. The lowest BCUT2D eigenvalue weighted by molar-refractivity contribution is 1.32. The van der Waals surface area contributed by atoms with Crippen molar-refractivity contribution in [3.8, 4) is 0 Å². The third kappa shape index (κ3) is 2.31. The van der Waals surface area contributed by atoms with Gasteiger partial charge in [0.05, 0.1) is 0 Å². The van der Waals surface area contributed by atoms with Gasteiger partial charge in [-0.3, -0.25) is 0 Å². The summed E-state index contributed by atoms with van der Waals surface area (Å²) in [6, 6.07) is 10.0. The highest BCUT2D eigenvalue weighted by Gasteiger charge is 1.99. The summed E-state index contributed by atoms with van der Waals surface area (Å²) in [6.45, 7) is 4.15. The molecule has 0 unspecified atom stereocenters. The van der Waals surface area contributed by atoms with E-state index in [1.54, 1.807) is 6.20 Å². The van der Waals surface area contributed by atoms with Gasteiger partial charge in [-0.1, -0.05) is 12.1 Å². The van der Waals surface area contributed by atoms with Crippen LogP contribution in [0.25, 0.3) is 0 Å². The molecule has 0 aliphatic rings. The van der Waals surface area contributed by atoms with Gasteiger partial charge in [0.25, 0.3) is 0 Å². The van der Waals surface area contributed by atoms with Gasteiger partial charge < -0.3 is 11.1 Å². The van der Waals surface area contributed by atoms with Crippen molar-refractivity contribution in [2.75, 3.05) is 11.1 Å². The molecule has 0 radical (unpaired) electrons. The Kier molecular flexibility index (Phi) is 2.77. The van der Waals surface area contributed by atoms with Crippen molar-refractivity contribution >= 4 is 17.2 Å². The van der Waals surface area contributed by atoms with E-state index >= 15 is 0 Å². The Bertz CT molecular complexity index is 506. The van der Waals surface area contributed by atoms with E-state index in [2.05, 4.69) is 42.3 Å². The second-order valence-corrected chi connectivity index (χ2v) is 3.91. The van der Waals surface area contributed by atoms with Crippen LogP contribution in [-0.4, -0.2) is 4.98 Å². The summed E-state index contributed by atoms with van der Waals surface area (Å²) in [5.41, 5.74) is 10.1. The zero-order chi connectivity index (χ0) is 11.5. The molecule has 0 aliphatic heterocycles. The number of hydrogen-bond donors (Lipinski definition) is 2. The summed E-state index contributed by atoms with van der Waals surface area (Å²) in [4.78, 5) is 3.96. The molecule has 0 atom stereocenters. The van der Waals surface area contributed by atoms with E-state index in [9.17, 15) is 0 Å². The van der Waals surface area contributed by atoms with Crippen molar-refractivity contribution in [3.05, 3.63) is 47.7 Å². The number of aryl methyl sites for hydroxylation is 2. The molecule has 0 fully saturated rings. The third-order valence-corrected chi connectivity index (χ3v) is 2.45. The predicted octanol–water partition coefficient (Wildman–Crippen LogP) is 3.02. The van der Waals surface area contributed by atoms with Gasteiger partial charge in [-0.15, -0.1) is 0 Å². The monoisotopic (exact) mass is 213 g/mol. The van der Waals surface area contributed by atoms with Crippen LogP contribution in [0.4, 0.5) is 17.2 Å². The van der Waals surface area contributed by atoms with Gasteiger partial charge in [0.15, 0.2) is 0 Å². The van der Waals surface area contributed by atoms with Crippen LogP contribution in [0.3, 0.4) is 0 Å². The topological polar surface area (TPSA) is 50.9 Å². The zero-order valence-electron chi connectivity index (χ0n) is 9.49. The smallest absolute Gasteiger partial charge is 0.125 e. The van der Waals surface area contributed by atoms with Gasteiger partial charge in [0, 0.05) is 23.6 Å².